The van der Waals surface area contributed by atoms with Crippen molar-refractivity contribution in [2.45, 2.75) is 19.8 Å². The third-order valence-corrected chi connectivity index (χ3v) is 2.35. The average molecular weight is 272 g/mol. The predicted molar refractivity (Wildman–Crippen MR) is 64.0 cm³/mol. The van der Waals surface area contributed by atoms with Gasteiger partial charge in [-0.1, -0.05) is 29.3 Å². The van der Waals surface area contributed by atoms with Crippen molar-refractivity contribution in [1.82, 2.24) is 0 Å². The zero-order valence-corrected chi connectivity index (χ0v) is 10.2. The molecule has 15 heavy (non-hydrogen) atoms. The molecule has 0 aromatic heterocycles. The van der Waals surface area contributed by atoms with Gasteiger partial charge in [0.15, 0.2) is 0 Å². The molecule has 1 amide bonds. The number of nitrogens with one attached hydrogen (secondary N) is 1. The molecule has 0 aliphatic rings. The van der Waals surface area contributed by atoms with Crippen LogP contribution in [0.2, 0.25) is 0 Å². The molecule has 0 saturated heterocycles. The highest BCUT2D eigenvalue weighted by atomic mass is 79.9. The fraction of sp³-hybridized carbons (Fsp3) is 0.364. The van der Waals surface area contributed by atoms with Gasteiger partial charge in [0.2, 0.25) is 0 Å². The van der Waals surface area contributed by atoms with Crippen molar-refractivity contribution in [3.63, 3.8) is 0 Å². The number of anilines is 1. The van der Waals surface area contributed by atoms with Gasteiger partial charge in [-0.25, -0.2) is 4.79 Å². The number of ether oxygens (including phenoxy) is 1. The summed E-state index contributed by atoms with van der Waals surface area (Å²) in [4.78, 5) is 11.2. The highest BCUT2D eigenvalue weighted by Gasteiger charge is 2.01. The van der Waals surface area contributed by atoms with Gasteiger partial charge in [0.05, 0.1) is 6.61 Å². The SMILES string of the molecule is CCCCOC(=O)Nc1ccc(Br)cc1. The molecule has 82 valence electrons. The van der Waals surface area contributed by atoms with E-state index in [2.05, 4.69) is 28.2 Å². The van der Waals surface area contributed by atoms with Crippen LogP contribution in [0.1, 0.15) is 19.8 Å². The molecule has 1 N–H and O–H groups in total. The molecule has 1 rings (SSSR count). The van der Waals surface area contributed by atoms with Gasteiger partial charge in [-0.15, -0.1) is 0 Å². The lowest BCUT2D eigenvalue weighted by atomic mass is 10.3. The molecule has 4 heteroatoms. The molecular formula is C11H14BrNO2. The van der Waals surface area contributed by atoms with E-state index in [1.165, 1.54) is 0 Å². The Kier molecular flexibility index (Phi) is 5.18. The molecule has 0 spiro atoms. The lowest BCUT2D eigenvalue weighted by Gasteiger charge is -2.06. The van der Waals surface area contributed by atoms with Crippen LogP contribution in [0.3, 0.4) is 0 Å². The van der Waals surface area contributed by atoms with Gasteiger partial charge >= 0.3 is 6.09 Å². The van der Waals surface area contributed by atoms with Crippen molar-refractivity contribution < 1.29 is 9.53 Å². The summed E-state index contributed by atoms with van der Waals surface area (Å²) in [5.74, 6) is 0. The lowest BCUT2D eigenvalue weighted by molar-refractivity contribution is 0.160. The number of halogens is 1. The van der Waals surface area contributed by atoms with Crippen molar-refractivity contribution in [2.75, 3.05) is 11.9 Å². The first-order chi connectivity index (χ1) is 7.22. The summed E-state index contributed by atoms with van der Waals surface area (Å²) in [5, 5.41) is 2.65. The van der Waals surface area contributed by atoms with Gasteiger partial charge in [-0.05, 0) is 30.7 Å². The zero-order valence-electron chi connectivity index (χ0n) is 8.63. The molecule has 0 unspecified atom stereocenters. The lowest BCUT2D eigenvalue weighted by Crippen LogP contribution is -2.14. The number of amides is 1. The first kappa shape index (κ1) is 12.0. The number of hydrogen-bond acceptors (Lipinski definition) is 2. The molecule has 0 heterocycles. The maximum absolute atomic E-state index is 11.2. The zero-order chi connectivity index (χ0) is 11.1. The van der Waals surface area contributed by atoms with E-state index in [-0.39, 0.29) is 0 Å². The van der Waals surface area contributed by atoms with Crippen molar-refractivity contribution in [2.24, 2.45) is 0 Å². The third kappa shape index (κ3) is 4.83. The second-order valence-electron chi connectivity index (χ2n) is 3.12. The summed E-state index contributed by atoms with van der Waals surface area (Å²) in [6, 6.07) is 7.35. The van der Waals surface area contributed by atoms with E-state index in [1.54, 1.807) is 0 Å². The molecule has 0 radical (unpaired) electrons. The van der Waals surface area contributed by atoms with E-state index in [4.69, 9.17) is 4.74 Å². The summed E-state index contributed by atoms with van der Waals surface area (Å²) >= 11 is 3.32. The van der Waals surface area contributed by atoms with Crippen LogP contribution in [0.5, 0.6) is 0 Å². The van der Waals surface area contributed by atoms with Gasteiger partial charge in [0.1, 0.15) is 0 Å². The Hall–Kier alpha value is -1.03. The fourth-order valence-corrected chi connectivity index (χ4v) is 1.26. The van der Waals surface area contributed by atoms with Crippen molar-refractivity contribution in [3.8, 4) is 0 Å². The number of hydrogen-bond donors (Lipinski definition) is 1. The summed E-state index contributed by atoms with van der Waals surface area (Å²) < 4.78 is 5.93. The van der Waals surface area contributed by atoms with Gasteiger partial charge in [0.25, 0.3) is 0 Å². The summed E-state index contributed by atoms with van der Waals surface area (Å²) in [6.45, 7) is 2.52. The number of carbonyl (C=O) groups is 1. The van der Waals surface area contributed by atoms with Crippen LogP contribution in [0, 0.1) is 0 Å². The number of carbonyl (C=O) groups excluding carboxylic acids is 1. The molecule has 0 saturated carbocycles. The Balaban J connectivity index is 2.34. The minimum atomic E-state index is -0.397. The molecule has 0 bridgehead atoms. The van der Waals surface area contributed by atoms with Crippen molar-refractivity contribution >= 4 is 27.7 Å². The summed E-state index contributed by atoms with van der Waals surface area (Å²) in [6.07, 6.45) is 1.52. The van der Waals surface area contributed by atoms with Crippen LogP contribution in [0.4, 0.5) is 10.5 Å². The first-order valence-corrected chi connectivity index (χ1v) is 5.71. The number of benzene rings is 1. The van der Waals surface area contributed by atoms with Crippen LogP contribution in [-0.4, -0.2) is 12.7 Å². The van der Waals surface area contributed by atoms with E-state index < -0.39 is 6.09 Å². The smallest absolute Gasteiger partial charge is 0.411 e. The van der Waals surface area contributed by atoms with Gasteiger partial charge in [0, 0.05) is 10.2 Å². The molecule has 1 aromatic rings. The minimum Gasteiger partial charge on any atom is -0.449 e. The van der Waals surface area contributed by atoms with Crippen LogP contribution >= 0.6 is 15.9 Å². The minimum absolute atomic E-state index is 0.397. The second-order valence-corrected chi connectivity index (χ2v) is 4.04. The topological polar surface area (TPSA) is 38.3 Å². The van der Waals surface area contributed by atoms with E-state index in [1.807, 2.05) is 24.3 Å². The van der Waals surface area contributed by atoms with Crippen molar-refractivity contribution in [3.05, 3.63) is 28.7 Å². The fourth-order valence-electron chi connectivity index (χ4n) is 0.996. The summed E-state index contributed by atoms with van der Waals surface area (Å²) in [5.41, 5.74) is 0.736. The number of unbranched alkanes of at least 4 members (excludes halogenated alkanes) is 1. The Morgan fingerprint density at radius 1 is 1.40 bits per heavy atom. The van der Waals surface area contributed by atoms with E-state index in [0.29, 0.717) is 6.61 Å². The molecule has 0 aliphatic carbocycles. The normalized spacial score (nSPS) is 9.73. The predicted octanol–water partition coefficient (Wildman–Crippen LogP) is 3.80. The second kappa shape index (κ2) is 6.45. The molecule has 0 fully saturated rings. The maximum Gasteiger partial charge on any atom is 0.411 e. The van der Waals surface area contributed by atoms with E-state index in [0.717, 1.165) is 23.0 Å². The van der Waals surface area contributed by atoms with E-state index in [9.17, 15) is 4.79 Å². The first-order valence-electron chi connectivity index (χ1n) is 4.91. The largest absolute Gasteiger partial charge is 0.449 e. The van der Waals surface area contributed by atoms with E-state index >= 15 is 0 Å². The number of rotatable bonds is 4. The molecule has 0 atom stereocenters. The average Bonchev–Trinajstić information content (AvgIpc) is 2.22. The van der Waals surface area contributed by atoms with Gasteiger partial charge in [-0.3, -0.25) is 5.32 Å². The van der Waals surface area contributed by atoms with Crippen LogP contribution in [0.15, 0.2) is 28.7 Å². The Morgan fingerprint density at radius 3 is 2.67 bits per heavy atom. The molecular weight excluding hydrogens is 258 g/mol. The standard InChI is InChI=1S/C11H14BrNO2/c1-2-3-8-15-11(14)13-10-6-4-9(12)5-7-10/h4-7H,2-3,8H2,1H3,(H,13,14). The Labute approximate surface area is 97.9 Å². The van der Waals surface area contributed by atoms with Crippen LogP contribution in [0.25, 0.3) is 0 Å². The molecule has 1 aromatic carbocycles. The maximum atomic E-state index is 11.2. The monoisotopic (exact) mass is 271 g/mol. The van der Waals surface area contributed by atoms with Crippen LogP contribution in [-0.2, 0) is 4.74 Å². The van der Waals surface area contributed by atoms with Crippen molar-refractivity contribution in [1.29, 1.82) is 0 Å². The van der Waals surface area contributed by atoms with Crippen LogP contribution < -0.4 is 5.32 Å². The summed E-state index contributed by atoms with van der Waals surface area (Å²) in [7, 11) is 0. The highest BCUT2D eigenvalue weighted by Crippen LogP contribution is 2.14. The third-order valence-electron chi connectivity index (χ3n) is 1.82. The Morgan fingerprint density at radius 2 is 2.07 bits per heavy atom. The van der Waals surface area contributed by atoms with Gasteiger partial charge in [-0.2, -0.15) is 0 Å². The molecule has 0 aliphatic heterocycles. The highest BCUT2D eigenvalue weighted by molar-refractivity contribution is 9.10. The molecule has 3 nitrogen and oxygen atoms in total. The van der Waals surface area contributed by atoms with Gasteiger partial charge < -0.3 is 4.74 Å². The quantitative estimate of drug-likeness (QED) is 0.846. The Bertz CT molecular complexity index is 311.